The van der Waals surface area contributed by atoms with Crippen LogP contribution in [0.1, 0.15) is 58.8 Å². The summed E-state index contributed by atoms with van der Waals surface area (Å²) in [6.45, 7) is 4.82. The average molecular weight is 224 g/mol. The van der Waals surface area contributed by atoms with Crippen molar-refractivity contribution in [3.8, 4) is 0 Å². The van der Waals surface area contributed by atoms with Gasteiger partial charge in [-0.05, 0) is 56.8 Å². The SMILES string of the molecule is CC1CCC(NC2CCC(N)CC2)CC1C. The molecule has 3 N–H and O–H groups in total. The quantitative estimate of drug-likeness (QED) is 0.757. The van der Waals surface area contributed by atoms with Gasteiger partial charge < -0.3 is 11.1 Å². The molecule has 2 rings (SSSR count). The van der Waals surface area contributed by atoms with Gasteiger partial charge in [0.15, 0.2) is 0 Å². The van der Waals surface area contributed by atoms with Crippen LogP contribution in [-0.2, 0) is 0 Å². The predicted octanol–water partition coefficient (Wildman–Crippen LogP) is 2.67. The van der Waals surface area contributed by atoms with E-state index in [1.54, 1.807) is 0 Å². The maximum atomic E-state index is 5.94. The molecular formula is C14H28N2. The highest BCUT2D eigenvalue weighted by Gasteiger charge is 2.27. The lowest BCUT2D eigenvalue weighted by atomic mass is 9.78. The minimum absolute atomic E-state index is 0.475. The van der Waals surface area contributed by atoms with Crippen molar-refractivity contribution in [2.45, 2.75) is 76.9 Å². The van der Waals surface area contributed by atoms with Crippen LogP contribution in [0.15, 0.2) is 0 Å². The van der Waals surface area contributed by atoms with Crippen molar-refractivity contribution in [1.29, 1.82) is 0 Å². The van der Waals surface area contributed by atoms with Gasteiger partial charge >= 0.3 is 0 Å². The van der Waals surface area contributed by atoms with Crippen molar-refractivity contribution in [2.75, 3.05) is 0 Å². The fraction of sp³-hybridized carbons (Fsp3) is 1.00. The molecule has 0 aromatic heterocycles. The van der Waals surface area contributed by atoms with Crippen LogP contribution in [-0.4, -0.2) is 18.1 Å². The van der Waals surface area contributed by atoms with E-state index in [2.05, 4.69) is 19.2 Å². The molecule has 2 aliphatic rings. The smallest absolute Gasteiger partial charge is 0.00723 e. The van der Waals surface area contributed by atoms with E-state index in [0.29, 0.717) is 6.04 Å². The van der Waals surface area contributed by atoms with Crippen LogP contribution < -0.4 is 11.1 Å². The van der Waals surface area contributed by atoms with Crippen LogP contribution in [0.3, 0.4) is 0 Å². The first-order valence-electron chi connectivity index (χ1n) is 7.16. The van der Waals surface area contributed by atoms with E-state index in [-0.39, 0.29) is 0 Å². The maximum Gasteiger partial charge on any atom is 0.00723 e. The summed E-state index contributed by atoms with van der Waals surface area (Å²) in [5, 5.41) is 3.87. The van der Waals surface area contributed by atoms with Gasteiger partial charge in [0.1, 0.15) is 0 Å². The van der Waals surface area contributed by atoms with Crippen molar-refractivity contribution in [1.82, 2.24) is 5.32 Å². The minimum Gasteiger partial charge on any atom is -0.328 e. The lowest BCUT2D eigenvalue weighted by molar-refractivity contribution is 0.201. The molecule has 3 atom stereocenters. The van der Waals surface area contributed by atoms with E-state index in [9.17, 15) is 0 Å². The fourth-order valence-corrected chi connectivity index (χ4v) is 3.32. The zero-order valence-corrected chi connectivity index (χ0v) is 10.9. The zero-order valence-electron chi connectivity index (χ0n) is 10.9. The average Bonchev–Trinajstić information content (AvgIpc) is 2.27. The molecule has 0 aromatic rings. The van der Waals surface area contributed by atoms with Crippen molar-refractivity contribution < 1.29 is 0 Å². The van der Waals surface area contributed by atoms with Crippen LogP contribution in [0.25, 0.3) is 0 Å². The number of nitrogens with two attached hydrogens (primary N) is 1. The van der Waals surface area contributed by atoms with Crippen LogP contribution in [0, 0.1) is 11.8 Å². The summed E-state index contributed by atoms with van der Waals surface area (Å²) in [6.07, 6.45) is 9.19. The zero-order chi connectivity index (χ0) is 11.5. The van der Waals surface area contributed by atoms with Gasteiger partial charge in [-0.3, -0.25) is 0 Å². The van der Waals surface area contributed by atoms with Gasteiger partial charge in [-0.25, -0.2) is 0 Å². The maximum absolute atomic E-state index is 5.94. The van der Waals surface area contributed by atoms with Crippen molar-refractivity contribution >= 4 is 0 Å². The third kappa shape index (κ3) is 3.21. The Balaban J connectivity index is 1.73. The molecule has 0 spiro atoms. The van der Waals surface area contributed by atoms with Gasteiger partial charge in [0, 0.05) is 18.1 Å². The molecule has 2 fully saturated rings. The highest BCUT2D eigenvalue weighted by atomic mass is 15.0. The van der Waals surface area contributed by atoms with E-state index >= 15 is 0 Å². The lowest BCUT2D eigenvalue weighted by Crippen LogP contribution is -2.45. The second-order valence-electron chi connectivity index (χ2n) is 6.24. The molecule has 0 radical (unpaired) electrons. The third-order valence-corrected chi connectivity index (χ3v) is 4.84. The molecule has 2 nitrogen and oxygen atoms in total. The number of rotatable bonds is 2. The standard InChI is InChI=1S/C14H28N2/c1-10-3-6-14(9-11(10)2)16-13-7-4-12(15)5-8-13/h10-14,16H,3-9,15H2,1-2H3. The van der Waals surface area contributed by atoms with E-state index in [4.69, 9.17) is 5.73 Å². The molecule has 0 bridgehead atoms. The van der Waals surface area contributed by atoms with Crippen LogP contribution in [0.4, 0.5) is 0 Å². The Labute approximate surface area is 100 Å². The Hall–Kier alpha value is -0.0800. The molecule has 3 unspecified atom stereocenters. The highest BCUT2D eigenvalue weighted by Crippen LogP contribution is 2.30. The Kier molecular flexibility index (Phi) is 4.26. The van der Waals surface area contributed by atoms with Crippen LogP contribution in [0.5, 0.6) is 0 Å². The monoisotopic (exact) mass is 224 g/mol. The van der Waals surface area contributed by atoms with Gasteiger partial charge in [-0.15, -0.1) is 0 Å². The Bertz CT molecular complexity index is 209. The molecule has 0 aliphatic heterocycles. The van der Waals surface area contributed by atoms with Gasteiger partial charge in [-0.2, -0.15) is 0 Å². The summed E-state index contributed by atoms with van der Waals surface area (Å²) in [5.74, 6) is 1.83. The normalized spacial score (nSPS) is 45.6. The molecule has 16 heavy (non-hydrogen) atoms. The lowest BCUT2D eigenvalue weighted by Gasteiger charge is -2.36. The largest absolute Gasteiger partial charge is 0.328 e. The van der Waals surface area contributed by atoms with E-state index < -0.39 is 0 Å². The molecule has 2 saturated carbocycles. The summed E-state index contributed by atoms with van der Waals surface area (Å²) >= 11 is 0. The molecule has 94 valence electrons. The summed E-state index contributed by atoms with van der Waals surface area (Å²) in [5.41, 5.74) is 5.94. The van der Waals surface area contributed by atoms with Gasteiger partial charge in [0.2, 0.25) is 0 Å². The van der Waals surface area contributed by atoms with Crippen LogP contribution >= 0.6 is 0 Å². The third-order valence-electron chi connectivity index (χ3n) is 4.84. The van der Waals surface area contributed by atoms with Gasteiger partial charge in [0.25, 0.3) is 0 Å². The second-order valence-corrected chi connectivity index (χ2v) is 6.24. The molecule has 0 heterocycles. The number of hydrogen-bond donors (Lipinski definition) is 2. The Morgan fingerprint density at radius 2 is 1.44 bits per heavy atom. The van der Waals surface area contributed by atoms with Crippen molar-refractivity contribution in [3.63, 3.8) is 0 Å². The number of nitrogens with one attached hydrogen (secondary N) is 1. The molecule has 0 saturated heterocycles. The van der Waals surface area contributed by atoms with E-state index in [1.807, 2.05) is 0 Å². The Morgan fingerprint density at radius 1 is 0.812 bits per heavy atom. The highest BCUT2D eigenvalue weighted by molar-refractivity contribution is 4.85. The second kappa shape index (κ2) is 5.50. The van der Waals surface area contributed by atoms with Gasteiger partial charge in [-0.1, -0.05) is 13.8 Å². The fourth-order valence-electron chi connectivity index (χ4n) is 3.32. The molecule has 2 heteroatoms. The van der Waals surface area contributed by atoms with Crippen LogP contribution in [0.2, 0.25) is 0 Å². The summed E-state index contributed by atoms with van der Waals surface area (Å²) in [7, 11) is 0. The first kappa shape index (κ1) is 12.4. The molecular weight excluding hydrogens is 196 g/mol. The van der Waals surface area contributed by atoms with E-state index in [1.165, 1.54) is 44.9 Å². The topological polar surface area (TPSA) is 38.0 Å². The van der Waals surface area contributed by atoms with E-state index in [0.717, 1.165) is 23.9 Å². The summed E-state index contributed by atoms with van der Waals surface area (Å²) < 4.78 is 0. The first-order chi connectivity index (χ1) is 7.65. The molecule has 0 amide bonds. The summed E-state index contributed by atoms with van der Waals surface area (Å²) in [4.78, 5) is 0. The van der Waals surface area contributed by atoms with Crippen molar-refractivity contribution in [2.24, 2.45) is 17.6 Å². The molecule has 0 aromatic carbocycles. The molecule has 2 aliphatic carbocycles. The van der Waals surface area contributed by atoms with Gasteiger partial charge in [0.05, 0.1) is 0 Å². The first-order valence-corrected chi connectivity index (χ1v) is 7.16. The Morgan fingerprint density at radius 3 is 2.06 bits per heavy atom. The summed E-state index contributed by atoms with van der Waals surface area (Å²) in [6, 6.07) is 2.01. The number of hydrogen-bond acceptors (Lipinski definition) is 2. The van der Waals surface area contributed by atoms with Crippen molar-refractivity contribution in [3.05, 3.63) is 0 Å². The minimum atomic E-state index is 0.475. The predicted molar refractivity (Wildman–Crippen MR) is 69.3 cm³/mol.